The SMILES string of the molecule is CCc1ccc(C(=O)N(C)CCF)cc1. The molecule has 0 radical (unpaired) electrons. The summed E-state index contributed by atoms with van der Waals surface area (Å²) in [5.41, 5.74) is 1.81. The van der Waals surface area contributed by atoms with Crippen molar-refractivity contribution >= 4 is 5.91 Å². The van der Waals surface area contributed by atoms with Crippen LogP contribution in [-0.2, 0) is 6.42 Å². The van der Waals surface area contributed by atoms with E-state index >= 15 is 0 Å². The zero-order chi connectivity index (χ0) is 11.3. The first-order valence-corrected chi connectivity index (χ1v) is 5.09. The van der Waals surface area contributed by atoms with Crippen molar-refractivity contribution in [2.45, 2.75) is 13.3 Å². The maximum Gasteiger partial charge on any atom is 0.253 e. The quantitative estimate of drug-likeness (QED) is 0.745. The average molecular weight is 209 g/mol. The Balaban J connectivity index is 2.73. The van der Waals surface area contributed by atoms with Crippen molar-refractivity contribution in [2.24, 2.45) is 0 Å². The largest absolute Gasteiger partial charge is 0.339 e. The number of hydrogen-bond donors (Lipinski definition) is 0. The van der Waals surface area contributed by atoms with Gasteiger partial charge in [0.2, 0.25) is 0 Å². The normalized spacial score (nSPS) is 10.1. The summed E-state index contributed by atoms with van der Waals surface area (Å²) in [6.07, 6.45) is 0.953. The third kappa shape index (κ3) is 3.05. The van der Waals surface area contributed by atoms with Crippen LogP contribution in [-0.4, -0.2) is 31.1 Å². The molecular weight excluding hydrogens is 193 g/mol. The van der Waals surface area contributed by atoms with E-state index in [4.69, 9.17) is 0 Å². The summed E-state index contributed by atoms with van der Waals surface area (Å²) in [5, 5.41) is 0. The number of alkyl halides is 1. The topological polar surface area (TPSA) is 20.3 Å². The van der Waals surface area contributed by atoms with Crippen LogP contribution >= 0.6 is 0 Å². The Bertz CT molecular complexity index is 321. The van der Waals surface area contributed by atoms with Crippen molar-refractivity contribution in [3.8, 4) is 0 Å². The molecule has 2 nitrogen and oxygen atoms in total. The number of carbonyl (C=O) groups is 1. The highest BCUT2D eigenvalue weighted by molar-refractivity contribution is 5.94. The van der Waals surface area contributed by atoms with Gasteiger partial charge in [-0.1, -0.05) is 19.1 Å². The monoisotopic (exact) mass is 209 g/mol. The van der Waals surface area contributed by atoms with Crippen LogP contribution in [0.3, 0.4) is 0 Å². The minimum atomic E-state index is -0.505. The molecule has 0 saturated heterocycles. The van der Waals surface area contributed by atoms with Gasteiger partial charge in [-0.3, -0.25) is 4.79 Å². The number of amides is 1. The molecule has 0 N–H and O–H groups in total. The van der Waals surface area contributed by atoms with E-state index in [2.05, 4.69) is 6.92 Å². The van der Waals surface area contributed by atoms with Gasteiger partial charge in [-0.05, 0) is 24.1 Å². The predicted molar refractivity (Wildman–Crippen MR) is 58.8 cm³/mol. The smallest absolute Gasteiger partial charge is 0.253 e. The highest BCUT2D eigenvalue weighted by atomic mass is 19.1. The summed E-state index contributed by atoms with van der Waals surface area (Å²) in [6.45, 7) is 1.70. The Morgan fingerprint density at radius 3 is 2.40 bits per heavy atom. The zero-order valence-electron chi connectivity index (χ0n) is 9.16. The van der Waals surface area contributed by atoms with Crippen LogP contribution in [0.2, 0.25) is 0 Å². The van der Waals surface area contributed by atoms with Gasteiger partial charge < -0.3 is 4.90 Å². The van der Waals surface area contributed by atoms with Crippen LogP contribution in [0.4, 0.5) is 4.39 Å². The molecule has 0 unspecified atom stereocenters. The fraction of sp³-hybridized carbons (Fsp3) is 0.417. The summed E-state index contributed by atoms with van der Waals surface area (Å²) in [4.78, 5) is 13.1. The first-order valence-electron chi connectivity index (χ1n) is 5.09. The van der Waals surface area contributed by atoms with Crippen LogP contribution in [0.25, 0.3) is 0 Å². The summed E-state index contributed by atoms with van der Waals surface area (Å²) >= 11 is 0. The first-order chi connectivity index (χ1) is 7.19. The van der Waals surface area contributed by atoms with E-state index in [-0.39, 0.29) is 12.5 Å². The van der Waals surface area contributed by atoms with E-state index < -0.39 is 6.67 Å². The second kappa shape index (κ2) is 5.49. The Morgan fingerprint density at radius 1 is 1.33 bits per heavy atom. The fourth-order valence-electron chi connectivity index (χ4n) is 1.33. The summed E-state index contributed by atoms with van der Waals surface area (Å²) < 4.78 is 12.0. The number of carbonyl (C=O) groups excluding carboxylic acids is 1. The van der Waals surface area contributed by atoms with Crippen LogP contribution < -0.4 is 0 Å². The van der Waals surface area contributed by atoms with Crippen LogP contribution in [0.1, 0.15) is 22.8 Å². The number of hydrogen-bond acceptors (Lipinski definition) is 1. The van der Waals surface area contributed by atoms with Gasteiger partial charge in [0.15, 0.2) is 0 Å². The molecule has 0 aliphatic carbocycles. The molecule has 1 rings (SSSR count). The summed E-state index contributed by atoms with van der Waals surface area (Å²) in [7, 11) is 1.61. The second-order valence-corrected chi connectivity index (χ2v) is 3.47. The van der Waals surface area contributed by atoms with Crippen LogP contribution in [0, 0.1) is 0 Å². The van der Waals surface area contributed by atoms with E-state index in [9.17, 15) is 9.18 Å². The number of rotatable bonds is 4. The minimum absolute atomic E-state index is 0.129. The molecule has 0 bridgehead atoms. The van der Waals surface area contributed by atoms with Gasteiger partial charge in [0.1, 0.15) is 6.67 Å². The van der Waals surface area contributed by atoms with Crippen molar-refractivity contribution in [2.75, 3.05) is 20.3 Å². The molecule has 1 aromatic carbocycles. The highest BCUT2D eigenvalue weighted by Gasteiger charge is 2.10. The zero-order valence-corrected chi connectivity index (χ0v) is 9.16. The Morgan fingerprint density at radius 2 is 1.93 bits per heavy atom. The Labute approximate surface area is 89.7 Å². The van der Waals surface area contributed by atoms with Gasteiger partial charge >= 0.3 is 0 Å². The molecule has 1 amide bonds. The van der Waals surface area contributed by atoms with E-state index in [0.29, 0.717) is 5.56 Å². The molecule has 82 valence electrons. The molecule has 0 saturated carbocycles. The minimum Gasteiger partial charge on any atom is -0.339 e. The number of nitrogens with zero attached hydrogens (tertiary/aromatic N) is 1. The maximum atomic E-state index is 12.0. The van der Waals surface area contributed by atoms with Crippen molar-refractivity contribution in [3.63, 3.8) is 0 Å². The van der Waals surface area contributed by atoms with Gasteiger partial charge in [-0.25, -0.2) is 4.39 Å². The molecule has 0 heterocycles. The first kappa shape index (κ1) is 11.7. The number of halogens is 1. The predicted octanol–water partition coefficient (Wildman–Crippen LogP) is 2.29. The lowest BCUT2D eigenvalue weighted by atomic mass is 10.1. The van der Waals surface area contributed by atoms with E-state index in [0.717, 1.165) is 6.42 Å². The number of aryl methyl sites for hydroxylation is 1. The summed E-state index contributed by atoms with van der Waals surface area (Å²) in [6, 6.07) is 7.43. The van der Waals surface area contributed by atoms with Crippen molar-refractivity contribution in [3.05, 3.63) is 35.4 Å². The standard InChI is InChI=1S/C12H16FNO/c1-3-10-4-6-11(7-5-10)12(15)14(2)9-8-13/h4-7H,3,8-9H2,1-2H3. The van der Waals surface area contributed by atoms with E-state index in [1.54, 1.807) is 19.2 Å². The van der Waals surface area contributed by atoms with Gasteiger partial charge in [0.05, 0.1) is 0 Å². The van der Waals surface area contributed by atoms with Gasteiger partial charge in [-0.15, -0.1) is 0 Å². The average Bonchev–Trinajstić information content (AvgIpc) is 2.28. The number of benzene rings is 1. The molecule has 0 aliphatic rings. The molecule has 0 fully saturated rings. The summed E-state index contributed by atoms with van der Waals surface area (Å²) in [5.74, 6) is -0.129. The molecule has 15 heavy (non-hydrogen) atoms. The third-order valence-electron chi connectivity index (χ3n) is 2.38. The lowest BCUT2D eigenvalue weighted by molar-refractivity contribution is 0.0786. The lowest BCUT2D eigenvalue weighted by Gasteiger charge is -2.15. The molecule has 0 aliphatic heterocycles. The second-order valence-electron chi connectivity index (χ2n) is 3.47. The Kier molecular flexibility index (Phi) is 4.28. The lowest BCUT2D eigenvalue weighted by Crippen LogP contribution is -2.28. The van der Waals surface area contributed by atoms with Crippen LogP contribution in [0.5, 0.6) is 0 Å². The molecule has 1 aromatic rings. The van der Waals surface area contributed by atoms with Crippen LogP contribution in [0.15, 0.2) is 24.3 Å². The molecule has 0 spiro atoms. The highest BCUT2D eigenvalue weighted by Crippen LogP contribution is 2.07. The molecular formula is C12H16FNO. The van der Waals surface area contributed by atoms with Gasteiger partial charge in [-0.2, -0.15) is 0 Å². The van der Waals surface area contributed by atoms with Crippen molar-refractivity contribution in [1.29, 1.82) is 0 Å². The van der Waals surface area contributed by atoms with Crippen molar-refractivity contribution in [1.82, 2.24) is 4.90 Å². The van der Waals surface area contributed by atoms with Crippen molar-refractivity contribution < 1.29 is 9.18 Å². The maximum absolute atomic E-state index is 12.0. The molecule has 0 aromatic heterocycles. The van der Waals surface area contributed by atoms with E-state index in [1.807, 2.05) is 12.1 Å². The van der Waals surface area contributed by atoms with Gasteiger partial charge in [0.25, 0.3) is 5.91 Å². The molecule has 3 heteroatoms. The van der Waals surface area contributed by atoms with E-state index in [1.165, 1.54) is 10.5 Å². The third-order valence-corrected chi connectivity index (χ3v) is 2.38. The fourth-order valence-corrected chi connectivity index (χ4v) is 1.33. The molecule has 0 atom stereocenters. The van der Waals surface area contributed by atoms with Gasteiger partial charge in [0, 0.05) is 19.2 Å². The Hall–Kier alpha value is -1.38.